The average Bonchev–Trinajstić information content (AvgIpc) is 2.57. The number of aliphatic carboxylic acids is 1. The Morgan fingerprint density at radius 1 is 1.47 bits per heavy atom. The summed E-state index contributed by atoms with van der Waals surface area (Å²) < 4.78 is 0. The molecule has 1 aliphatic heterocycles. The van der Waals surface area contributed by atoms with Gasteiger partial charge in [0.15, 0.2) is 0 Å². The number of hydrogen-bond acceptors (Lipinski definition) is 4. The Bertz CT molecular complexity index is 409. The second kappa shape index (κ2) is 6.17. The van der Waals surface area contributed by atoms with Crippen LogP contribution in [0.2, 0.25) is 0 Å². The average molecular weight is 271 g/mol. The van der Waals surface area contributed by atoms with Crippen molar-refractivity contribution in [1.82, 2.24) is 15.1 Å². The van der Waals surface area contributed by atoms with E-state index in [1.165, 1.54) is 11.9 Å². The predicted molar refractivity (Wildman–Crippen MR) is 64.2 cm³/mol. The van der Waals surface area contributed by atoms with Gasteiger partial charge < -0.3 is 15.3 Å². The molecule has 0 aliphatic carbocycles. The lowest BCUT2D eigenvalue weighted by Gasteiger charge is -2.22. The molecular formula is C11H17N3O5. The first-order valence-electron chi connectivity index (χ1n) is 5.94. The minimum absolute atomic E-state index is 0.0579. The first kappa shape index (κ1) is 14.9. The molecule has 0 radical (unpaired) electrons. The fourth-order valence-corrected chi connectivity index (χ4v) is 1.74. The van der Waals surface area contributed by atoms with Crippen molar-refractivity contribution >= 4 is 23.8 Å². The fourth-order valence-electron chi connectivity index (χ4n) is 1.74. The SMILES string of the molecule is CCN(CCC(=O)O)C(=O)NC1CC(=O)N(C)C1=O. The van der Waals surface area contributed by atoms with E-state index in [1.54, 1.807) is 6.92 Å². The molecule has 1 atom stereocenters. The van der Waals surface area contributed by atoms with Crippen molar-refractivity contribution < 1.29 is 24.3 Å². The first-order chi connectivity index (χ1) is 8.86. The Kier molecular flexibility index (Phi) is 4.85. The van der Waals surface area contributed by atoms with Gasteiger partial charge in [0, 0.05) is 20.1 Å². The molecule has 0 aromatic rings. The molecule has 1 heterocycles. The normalized spacial score (nSPS) is 18.6. The van der Waals surface area contributed by atoms with Gasteiger partial charge in [-0.25, -0.2) is 4.79 Å². The lowest BCUT2D eigenvalue weighted by atomic mass is 10.2. The summed E-state index contributed by atoms with van der Waals surface area (Å²) in [6, 6.07) is -1.39. The van der Waals surface area contributed by atoms with Crippen LogP contribution in [0.5, 0.6) is 0 Å². The molecule has 0 saturated carbocycles. The standard InChI is InChI=1S/C11H17N3O5/c1-3-14(5-4-9(16)17)11(19)12-7-6-8(15)13(2)10(7)18/h7H,3-6H2,1-2H3,(H,12,19)(H,16,17). The Morgan fingerprint density at radius 2 is 2.11 bits per heavy atom. The van der Waals surface area contributed by atoms with Gasteiger partial charge in [-0.05, 0) is 6.92 Å². The largest absolute Gasteiger partial charge is 0.481 e. The van der Waals surface area contributed by atoms with Crippen molar-refractivity contribution in [3.05, 3.63) is 0 Å². The molecular weight excluding hydrogens is 254 g/mol. The van der Waals surface area contributed by atoms with Gasteiger partial charge in [0.25, 0.3) is 5.91 Å². The first-order valence-corrected chi connectivity index (χ1v) is 5.94. The molecule has 0 aromatic heterocycles. The molecule has 1 rings (SSSR count). The number of nitrogens with one attached hydrogen (secondary N) is 1. The van der Waals surface area contributed by atoms with Gasteiger partial charge in [-0.2, -0.15) is 0 Å². The van der Waals surface area contributed by atoms with E-state index in [1.807, 2.05) is 0 Å². The van der Waals surface area contributed by atoms with E-state index in [0.29, 0.717) is 6.54 Å². The van der Waals surface area contributed by atoms with E-state index in [4.69, 9.17) is 5.11 Å². The van der Waals surface area contributed by atoms with Gasteiger partial charge in [-0.15, -0.1) is 0 Å². The molecule has 1 saturated heterocycles. The molecule has 8 heteroatoms. The number of carbonyl (C=O) groups is 4. The number of carboxylic acid groups (broad SMARTS) is 1. The van der Waals surface area contributed by atoms with Crippen molar-refractivity contribution in [3.8, 4) is 0 Å². The van der Waals surface area contributed by atoms with Crippen molar-refractivity contribution in [2.45, 2.75) is 25.8 Å². The number of likely N-dealkylation sites (N-methyl/N-ethyl adjacent to an activating group) is 1. The topological polar surface area (TPSA) is 107 Å². The van der Waals surface area contributed by atoms with Gasteiger partial charge in [-0.3, -0.25) is 19.3 Å². The number of nitrogens with zero attached hydrogens (tertiary/aromatic N) is 2. The molecule has 19 heavy (non-hydrogen) atoms. The number of carboxylic acids is 1. The minimum Gasteiger partial charge on any atom is -0.481 e. The highest BCUT2D eigenvalue weighted by atomic mass is 16.4. The van der Waals surface area contributed by atoms with E-state index in [0.717, 1.165) is 4.90 Å². The van der Waals surface area contributed by atoms with Crippen molar-refractivity contribution in [2.75, 3.05) is 20.1 Å². The molecule has 1 aliphatic rings. The molecule has 0 aromatic carbocycles. The summed E-state index contributed by atoms with van der Waals surface area (Å²) in [5, 5.41) is 11.0. The quantitative estimate of drug-likeness (QED) is 0.640. The number of urea groups is 1. The summed E-state index contributed by atoms with van der Waals surface area (Å²) in [5.74, 6) is -1.80. The van der Waals surface area contributed by atoms with E-state index in [-0.39, 0.29) is 25.3 Å². The van der Waals surface area contributed by atoms with Gasteiger partial charge in [0.05, 0.1) is 12.8 Å². The lowest BCUT2D eigenvalue weighted by molar-refractivity contribution is -0.138. The summed E-state index contributed by atoms with van der Waals surface area (Å²) in [5.41, 5.74) is 0. The number of rotatable bonds is 5. The van der Waals surface area contributed by atoms with E-state index < -0.39 is 23.9 Å². The summed E-state index contributed by atoms with van der Waals surface area (Å²) in [6.45, 7) is 2.08. The predicted octanol–water partition coefficient (Wildman–Crippen LogP) is -0.750. The Labute approximate surface area is 110 Å². The highest BCUT2D eigenvalue weighted by molar-refractivity contribution is 6.06. The van der Waals surface area contributed by atoms with Crippen LogP contribution in [0.1, 0.15) is 19.8 Å². The molecule has 8 nitrogen and oxygen atoms in total. The van der Waals surface area contributed by atoms with Gasteiger partial charge >= 0.3 is 12.0 Å². The monoisotopic (exact) mass is 271 g/mol. The Hall–Kier alpha value is -2.12. The number of carbonyl (C=O) groups excluding carboxylic acids is 3. The number of hydrogen-bond donors (Lipinski definition) is 2. The van der Waals surface area contributed by atoms with Crippen LogP contribution in [0.15, 0.2) is 0 Å². The van der Waals surface area contributed by atoms with Crippen LogP contribution in [-0.2, 0) is 14.4 Å². The van der Waals surface area contributed by atoms with Crippen LogP contribution < -0.4 is 5.32 Å². The Morgan fingerprint density at radius 3 is 2.53 bits per heavy atom. The Balaban J connectivity index is 2.55. The van der Waals surface area contributed by atoms with Crippen LogP contribution in [0, 0.1) is 0 Å². The third-order valence-corrected chi connectivity index (χ3v) is 2.94. The number of likely N-dealkylation sites (tertiary alicyclic amines) is 1. The second-order valence-electron chi connectivity index (χ2n) is 4.22. The smallest absolute Gasteiger partial charge is 0.318 e. The summed E-state index contributed by atoms with van der Waals surface area (Å²) in [4.78, 5) is 47.5. The van der Waals surface area contributed by atoms with E-state index in [2.05, 4.69) is 5.32 Å². The molecule has 4 amide bonds. The third kappa shape index (κ3) is 3.67. The highest BCUT2D eigenvalue weighted by Gasteiger charge is 2.37. The lowest BCUT2D eigenvalue weighted by Crippen LogP contribution is -2.48. The zero-order chi connectivity index (χ0) is 14.6. The molecule has 106 valence electrons. The maximum absolute atomic E-state index is 11.8. The zero-order valence-corrected chi connectivity index (χ0v) is 10.9. The van der Waals surface area contributed by atoms with Crippen molar-refractivity contribution in [1.29, 1.82) is 0 Å². The summed E-state index contributed by atoms with van der Waals surface area (Å²) in [6.07, 6.45) is -0.226. The van der Waals surface area contributed by atoms with Gasteiger partial charge in [-0.1, -0.05) is 0 Å². The van der Waals surface area contributed by atoms with Crippen LogP contribution in [0.3, 0.4) is 0 Å². The maximum Gasteiger partial charge on any atom is 0.318 e. The van der Waals surface area contributed by atoms with Gasteiger partial charge in [0.2, 0.25) is 5.91 Å². The molecule has 1 unspecified atom stereocenters. The minimum atomic E-state index is -1.00. The molecule has 2 N–H and O–H groups in total. The number of amides is 4. The van der Waals surface area contributed by atoms with Crippen LogP contribution in [0.25, 0.3) is 0 Å². The zero-order valence-electron chi connectivity index (χ0n) is 10.9. The highest BCUT2D eigenvalue weighted by Crippen LogP contribution is 2.10. The number of imide groups is 1. The molecule has 0 spiro atoms. The second-order valence-corrected chi connectivity index (χ2v) is 4.22. The van der Waals surface area contributed by atoms with E-state index in [9.17, 15) is 19.2 Å². The summed E-state index contributed by atoms with van der Waals surface area (Å²) >= 11 is 0. The van der Waals surface area contributed by atoms with Crippen LogP contribution in [0.4, 0.5) is 4.79 Å². The van der Waals surface area contributed by atoms with Crippen LogP contribution in [-0.4, -0.2) is 64.9 Å². The molecule has 0 bridgehead atoms. The van der Waals surface area contributed by atoms with E-state index >= 15 is 0 Å². The van der Waals surface area contributed by atoms with Crippen LogP contribution >= 0.6 is 0 Å². The fraction of sp³-hybridized carbons (Fsp3) is 0.636. The van der Waals surface area contributed by atoms with Gasteiger partial charge in [0.1, 0.15) is 6.04 Å². The third-order valence-electron chi connectivity index (χ3n) is 2.94. The molecule has 1 fully saturated rings. The maximum atomic E-state index is 11.8. The van der Waals surface area contributed by atoms with Crippen molar-refractivity contribution in [3.63, 3.8) is 0 Å². The van der Waals surface area contributed by atoms with Crippen molar-refractivity contribution in [2.24, 2.45) is 0 Å². The summed E-state index contributed by atoms with van der Waals surface area (Å²) in [7, 11) is 1.36.